The third-order valence-electron chi connectivity index (χ3n) is 4.47. The van der Waals surface area contributed by atoms with E-state index in [0.717, 1.165) is 16.5 Å². The van der Waals surface area contributed by atoms with E-state index in [0.29, 0.717) is 29.3 Å². The molecule has 0 spiro atoms. The van der Waals surface area contributed by atoms with Gasteiger partial charge < -0.3 is 13.9 Å². The summed E-state index contributed by atoms with van der Waals surface area (Å²) in [4.78, 5) is 23.7. The molecule has 29 heavy (non-hydrogen) atoms. The standard InChI is InChI=1S/C24H18O5/c1-16-13-23(25)29-22-14-20(11-12-21(16)22)27-15-17-7-9-18(10-8-17)24(26)28-19-5-3-2-4-6-19/h2-14H,15H2,1H3. The maximum atomic E-state index is 12.2. The first-order valence-corrected chi connectivity index (χ1v) is 9.12. The van der Waals surface area contributed by atoms with Gasteiger partial charge in [0, 0.05) is 17.5 Å². The summed E-state index contributed by atoms with van der Waals surface area (Å²) in [6.45, 7) is 2.18. The molecular weight excluding hydrogens is 368 g/mol. The molecule has 0 saturated carbocycles. The fourth-order valence-electron chi connectivity index (χ4n) is 2.95. The fraction of sp³-hybridized carbons (Fsp3) is 0.0833. The first-order chi connectivity index (χ1) is 14.1. The van der Waals surface area contributed by atoms with E-state index < -0.39 is 5.97 Å². The van der Waals surface area contributed by atoms with Crippen LogP contribution in [-0.4, -0.2) is 5.97 Å². The normalized spacial score (nSPS) is 10.7. The monoisotopic (exact) mass is 386 g/mol. The Labute approximate surface area is 167 Å². The number of para-hydroxylation sites is 1. The minimum absolute atomic E-state index is 0.315. The summed E-state index contributed by atoms with van der Waals surface area (Å²) in [7, 11) is 0. The Bertz CT molecular complexity index is 1210. The molecule has 0 aliphatic carbocycles. The Morgan fingerprint density at radius 3 is 2.41 bits per heavy atom. The van der Waals surface area contributed by atoms with E-state index in [9.17, 15) is 9.59 Å². The molecule has 144 valence electrons. The summed E-state index contributed by atoms with van der Waals surface area (Å²) in [6, 6.07) is 22.8. The zero-order valence-electron chi connectivity index (χ0n) is 15.8. The van der Waals surface area contributed by atoms with Gasteiger partial charge in [0.15, 0.2) is 0 Å². The Hall–Kier alpha value is -3.86. The molecule has 0 aliphatic rings. The van der Waals surface area contributed by atoms with Gasteiger partial charge in [-0.3, -0.25) is 0 Å². The van der Waals surface area contributed by atoms with Gasteiger partial charge in [0.05, 0.1) is 5.56 Å². The zero-order chi connectivity index (χ0) is 20.2. The SMILES string of the molecule is Cc1cc(=O)oc2cc(OCc3ccc(C(=O)Oc4ccccc4)cc3)ccc12. The van der Waals surface area contributed by atoms with E-state index in [1.54, 1.807) is 30.3 Å². The molecule has 4 aromatic rings. The average Bonchev–Trinajstić information content (AvgIpc) is 2.73. The van der Waals surface area contributed by atoms with Gasteiger partial charge in [0.2, 0.25) is 0 Å². The van der Waals surface area contributed by atoms with Crippen molar-refractivity contribution in [1.82, 2.24) is 0 Å². The molecule has 0 aliphatic heterocycles. The third kappa shape index (κ3) is 4.35. The van der Waals surface area contributed by atoms with Gasteiger partial charge in [-0.1, -0.05) is 30.3 Å². The van der Waals surface area contributed by atoms with Crippen LogP contribution in [0.1, 0.15) is 21.5 Å². The summed E-state index contributed by atoms with van der Waals surface area (Å²) in [5.41, 5.74) is 2.32. The Morgan fingerprint density at radius 1 is 0.897 bits per heavy atom. The van der Waals surface area contributed by atoms with E-state index in [-0.39, 0.29) is 5.63 Å². The number of fused-ring (bicyclic) bond motifs is 1. The van der Waals surface area contributed by atoms with Gasteiger partial charge >= 0.3 is 11.6 Å². The van der Waals surface area contributed by atoms with Crippen molar-refractivity contribution in [1.29, 1.82) is 0 Å². The van der Waals surface area contributed by atoms with Crippen LogP contribution in [0.3, 0.4) is 0 Å². The second-order valence-corrected chi connectivity index (χ2v) is 6.59. The van der Waals surface area contributed by atoms with Gasteiger partial charge in [-0.25, -0.2) is 9.59 Å². The number of carbonyl (C=O) groups excluding carboxylic acids is 1. The highest BCUT2D eigenvalue weighted by atomic mass is 16.5. The Morgan fingerprint density at radius 2 is 1.66 bits per heavy atom. The van der Waals surface area contributed by atoms with Crippen molar-refractivity contribution >= 4 is 16.9 Å². The van der Waals surface area contributed by atoms with E-state index in [2.05, 4.69) is 0 Å². The van der Waals surface area contributed by atoms with Crippen molar-refractivity contribution < 1.29 is 18.7 Å². The van der Waals surface area contributed by atoms with Crippen molar-refractivity contribution in [3.05, 3.63) is 106 Å². The van der Waals surface area contributed by atoms with Gasteiger partial charge in [0.25, 0.3) is 0 Å². The molecule has 0 saturated heterocycles. The maximum absolute atomic E-state index is 12.2. The largest absolute Gasteiger partial charge is 0.489 e. The first kappa shape index (κ1) is 18.5. The summed E-state index contributed by atoms with van der Waals surface area (Å²) >= 11 is 0. The van der Waals surface area contributed by atoms with Gasteiger partial charge in [-0.05, 0) is 54.4 Å². The number of aryl methyl sites for hydroxylation is 1. The Balaban J connectivity index is 1.42. The molecule has 0 bridgehead atoms. The highest BCUT2D eigenvalue weighted by molar-refractivity contribution is 5.91. The van der Waals surface area contributed by atoms with Crippen LogP contribution < -0.4 is 15.1 Å². The zero-order valence-corrected chi connectivity index (χ0v) is 15.8. The number of benzene rings is 3. The highest BCUT2D eigenvalue weighted by Crippen LogP contribution is 2.23. The van der Waals surface area contributed by atoms with Crippen LogP contribution >= 0.6 is 0 Å². The molecule has 1 aromatic heterocycles. The fourth-order valence-corrected chi connectivity index (χ4v) is 2.95. The molecule has 0 atom stereocenters. The van der Waals surface area contributed by atoms with Crippen LogP contribution in [0.2, 0.25) is 0 Å². The van der Waals surface area contributed by atoms with E-state index in [1.165, 1.54) is 6.07 Å². The predicted molar refractivity (Wildman–Crippen MR) is 109 cm³/mol. The first-order valence-electron chi connectivity index (χ1n) is 9.12. The van der Waals surface area contributed by atoms with Crippen molar-refractivity contribution in [3.63, 3.8) is 0 Å². The molecule has 4 rings (SSSR count). The number of carbonyl (C=O) groups is 1. The molecule has 0 fully saturated rings. The third-order valence-corrected chi connectivity index (χ3v) is 4.47. The lowest BCUT2D eigenvalue weighted by Gasteiger charge is -2.09. The van der Waals surface area contributed by atoms with Crippen LogP contribution in [0, 0.1) is 6.92 Å². The number of esters is 1. The lowest BCUT2D eigenvalue weighted by atomic mass is 10.1. The number of hydrogen-bond acceptors (Lipinski definition) is 5. The van der Waals surface area contributed by atoms with Crippen molar-refractivity contribution in [2.24, 2.45) is 0 Å². The van der Waals surface area contributed by atoms with E-state index in [1.807, 2.05) is 49.4 Å². The average molecular weight is 386 g/mol. The van der Waals surface area contributed by atoms with Gasteiger partial charge in [-0.2, -0.15) is 0 Å². The van der Waals surface area contributed by atoms with E-state index >= 15 is 0 Å². The highest BCUT2D eigenvalue weighted by Gasteiger charge is 2.09. The van der Waals surface area contributed by atoms with Crippen LogP contribution in [0.5, 0.6) is 11.5 Å². The topological polar surface area (TPSA) is 65.7 Å². The second-order valence-electron chi connectivity index (χ2n) is 6.59. The Kier molecular flexibility index (Phi) is 5.12. The van der Waals surface area contributed by atoms with Crippen LogP contribution in [0.15, 0.2) is 88.1 Å². The minimum Gasteiger partial charge on any atom is -0.489 e. The summed E-state index contributed by atoms with van der Waals surface area (Å²) in [5, 5.41) is 0.873. The van der Waals surface area contributed by atoms with E-state index in [4.69, 9.17) is 13.9 Å². The minimum atomic E-state index is -0.413. The maximum Gasteiger partial charge on any atom is 0.343 e. The summed E-state index contributed by atoms with van der Waals surface area (Å²) in [5.74, 6) is 0.686. The van der Waals surface area contributed by atoms with Crippen molar-refractivity contribution in [2.75, 3.05) is 0 Å². The van der Waals surface area contributed by atoms with Crippen molar-refractivity contribution in [3.8, 4) is 11.5 Å². The summed E-state index contributed by atoms with van der Waals surface area (Å²) in [6.07, 6.45) is 0. The number of ether oxygens (including phenoxy) is 2. The molecular formula is C24H18O5. The molecule has 1 heterocycles. The predicted octanol–water partition coefficient (Wildman–Crippen LogP) is 4.90. The summed E-state index contributed by atoms with van der Waals surface area (Å²) < 4.78 is 16.4. The molecule has 0 N–H and O–H groups in total. The number of hydrogen-bond donors (Lipinski definition) is 0. The van der Waals surface area contributed by atoms with Crippen LogP contribution in [0.4, 0.5) is 0 Å². The molecule has 3 aromatic carbocycles. The van der Waals surface area contributed by atoms with Gasteiger partial charge in [-0.15, -0.1) is 0 Å². The van der Waals surface area contributed by atoms with Gasteiger partial charge in [0.1, 0.15) is 23.7 Å². The number of rotatable bonds is 5. The quantitative estimate of drug-likeness (QED) is 0.277. The lowest BCUT2D eigenvalue weighted by molar-refractivity contribution is 0.0734. The van der Waals surface area contributed by atoms with Crippen molar-refractivity contribution in [2.45, 2.75) is 13.5 Å². The molecule has 5 heteroatoms. The van der Waals surface area contributed by atoms with Crippen LogP contribution in [-0.2, 0) is 6.61 Å². The molecule has 0 unspecified atom stereocenters. The molecule has 5 nitrogen and oxygen atoms in total. The molecule has 0 radical (unpaired) electrons. The molecule has 0 amide bonds. The smallest absolute Gasteiger partial charge is 0.343 e. The van der Waals surface area contributed by atoms with Crippen LogP contribution in [0.25, 0.3) is 11.0 Å². The lowest BCUT2D eigenvalue weighted by Crippen LogP contribution is -2.08. The second kappa shape index (κ2) is 8.02.